The number of nitrogens with two attached hydrogens (primary N) is 1. The molecular weight excluding hydrogens is 303 g/mol. The lowest BCUT2D eigenvalue weighted by Gasteiger charge is -2.18. The van der Waals surface area contributed by atoms with Crippen LogP contribution in [0.4, 0.5) is 8.78 Å². The number of aliphatic hydroxyl groups excluding tert-OH is 1. The molecule has 6 heteroatoms. The van der Waals surface area contributed by atoms with Gasteiger partial charge in [-0.2, -0.15) is 0 Å². The van der Waals surface area contributed by atoms with Crippen molar-refractivity contribution >= 4 is 28.3 Å². The highest BCUT2D eigenvalue weighted by Crippen LogP contribution is 2.26. The molecule has 0 bridgehead atoms. The van der Waals surface area contributed by atoms with Crippen molar-refractivity contribution in [2.75, 3.05) is 0 Å². The van der Waals surface area contributed by atoms with Crippen LogP contribution in [-0.2, 0) is 0 Å². The van der Waals surface area contributed by atoms with Crippen molar-refractivity contribution in [3.05, 3.63) is 33.8 Å². The summed E-state index contributed by atoms with van der Waals surface area (Å²) in [5.74, 6) is -1.50. The van der Waals surface area contributed by atoms with Crippen LogP contribution in [-0.4, -0.2) is 11.2 Å². The van der Waals surface area contributed by atoms with E-state index in [0.717, 1.165) is 12.1 Å². The molecular formula is C10H13BrClF2NO. The molecule has 0 aromatic heterocycles. The predicted molar refractivity (Wildman–Crippen MR) is 64.5 cm³/mol. The minimum Gasteiger partial charge on any atom is -0.391 e. The summed E-state index contributed by atoms with van der Waals surface area (Å²) in [6.45, 7) is 1.69. The topological polar surface area (TPSA) is 46.2 Å². The van der Waals surface area contributed by atoms with Crippen molar-refractivity contribution in [2.45, 2.75) is 25.5 Å². The number of halogens is 4. The smallest absolute Gasteiger partial charge is 0.132 e. The van der Waals surface area contributed by atoms with Gasteiger partial charge in [0.25, 0.3) is 0 Å². The fourth-order valence-electron chi connectivity index (χ4n) is 1.32. The van der Waals surface area contributed by atoms with E-state index >= 15 is 0 Å². The third-order valence-corrected chi connectivity index (χ3v) is 2.67. The summed E-state index contributed by atoms with van der Waals surface area (Å²) in [6.07, 6.45) is -0.606. The maximum Gasteiger partial charge on any atom is 0.132 e. The first-order chi connectivity index (χ1) is 6.97. The van der Waals surface area contributed by atoms with Gasteiger partial charge in [0.2, 0.25) is 0 Å². The molecule has 92 valence electrons. The molecule has 0 aliphatic carbocycles. The Morgan fingerprint density at radius 2 is 1.81 bits per heavy atom. The largest absolute Gasteiger partial charge is 0.391 e. The van der Waals surface area contributed by atoms with Gasteiger partial charge < -0.3 is 10.8 Å². The van der Waals surface area contributed by atoms with Gasteiger partial charge in [0.05, 0.1) is 12.1 Å². The van der Waals surface area contributed by atoms with E-state index in [9.17, 15) is 13.9 Å². The van der Waals surface area contributed by atoms with Gasteiger partial charge in [0.15, 0.2) is 0 Å². The van der Waals surface area contributed by atoms with Gasteiger partial charge >= 0.3 is 0 Å². The highest BCUT2D eigenvalue weighted by Gasteiger charge is 2.22. The van der Waals surface area contributed by atoms with Crippen LogP contribution in [0.15, 0.2) is 16.6 Å². The minimum absolute atomic E-state index is 0. The summed E-state index contributed by atoms with van der Waals surface area (Å²) in [5.41, 5.74) is 5.28. The molecule has 0 amide bonds. The first-order valence-electron chi connectivity index (χ1n) is 4.55. The van der Waals surface area contributed by atoms with E-state index in [1.54, 1.807) is 6.92 Å². The third-order valence-electron chi connectivity index (χ3n) is 2.21. The molecule has 1 aromatic carbocycles. The Morgan fingerprint density at radius 1 is 1.38 bits per heavy atom. The Balaban J connectivity index is 0.00000225. The van der Waals surface area contributed by atoms with E-state index in [1.807, 2.05) is 0 Å². The first kappa shape index (κ1) is 15.8. The summed E-state index contributed by atoms with van der Waals surface area (Å²) in [6, 6.07) is 1.21. The van der Waals surface area contributed by atoms with Crippen molar-refractivity contribution in [1.29, 1.82) is 0 Å². The zero-order valence-electron chi connectivity index (χ0n) is 8.58. The minimum atomic E-state index is -1.04. The van der Waals surface area contributed by atoms with Gasteiger partial charge in [-0.25, -0.2) is 8.78 Å². The van der Waals surface area contributed by atoms with E-state index in [-0.39, 0.29) is 18.0 Å². The van der Waals surface area contributed by atoms with Crippen LogP contribution in [0.5, 0.6) is 0 Å². The fourth-order valence-corrected chi connectivity index (χ4v) is 1.72. The van der Waals surface area contributed by atoms with Crippen LogP contribution in [0, 0.1) is 11.6 Å². The number of aliphatic hydroxyl groups is 1. The second kappa shape index (κ2) is 6.49. The molecule has 0 aliphatic heterocycles. The molecule has 0 aliphatic rings. The SMILES string of the molecule is CC[C@@H](O)[C@@H](N)c1c(F)cc(Br)cc1F.Cl. The lowest BCUT2D eigenvalue weighted by Crippen LogP contribution is -2.27. The Labute approximate surface area is 107 Å². The zero-order valence-corrected chi connectivity index (χ0v) is 11.0. The van der Waals surface area contributed by atoms with Crippen LogP contribution in [0.2, 0.25) is 0 Å². The summed E-state index contributed by atoms with van der Waals surface area (Å²) in [5, 5.41) is 9.43. The molecule has 0 saturated carbocycles. The molecule has 3 N–H and O–H groups in total. The molecule has 2 atom stereocenters. The van der Waals surface area contributed by atoms with Gasteiger partial charge in [-0.1, -0.05) is 22.9 Å². The van der Waals surface area contributed by atoms with Crippen molar-refractivity contribution in [2.24, 2.45) is 5.73 Å². The molecule has 0 fully saturated rings. The van der Waals surface area contributed by atoms with Gasteiger partial charge in [0.1, 0.15) is 11.6 Å². The maximum atomic E-state index is 13.4. The van der Waals surface area contributed by atoms with Gasteiger partial charge in [0, 0.05) is 10.0 Å². The van der Waals surface area contributed by atoms with Gasteiger partial charge in [-0.05, 0) is 18.6 Å². The summed E-state index contributed by atoms with van der Waals surface area (Å²) < 4.78 is 27.1. The van der Waals surface area contributed by atoms with E-state index < -0.39 is 23.8 Å². The molecule has 16 heavy (non-hydrogen) atoms. The Morgan fingerprint density at radius 3 is 2.19 bits per heavy atom. The van der Waals surface area contributed by atoms with E-state index in [2.05, 4.69) is 15.9 Å². The lowest BCUT2D eigenvalue weighted by molar-refractivity contribution is 0.137. The Bertz CT molecular complexity index is 342. The first-order valence-corrected chi connectivity index (χ1v) is 5.34. The van der Waals surface area contributed by atoms with Crippen LogP contribution in [0.3, 0.4) is 0 Å². The monoisotopic (exact) mass is 315 g/mol. The third kappa shape index (κ3) is 3.38. The normalized spacial score (nSPS) is 14.1. The van der Waals surface area contributed by atoms with Gasteiger partial charge in [-0.15, -0.1) is 12.4 Å². The van der Waals surface area contributed by atoms with Gasteiger partial charge in [-0.3, -0.25) is 0 Å². The number of hydrogen-bond acceptors (Lipinski definition) is 2. The molecule has 0 saturated heterocycles. The molecule has 0 spiro atoms. The molecule has 0 heterocycles. The fraction of sp³-hybridized carbons (Fsp3) is 0.400. The molecule has 1 aromatic rings. The average molecular weight is 317 g/mol. The number of benzene rings is 1. The van der Waals surface area contributed by atoms with E-state index in [1.165, 1.54) is 0 Å². The van der Waals surface area contributed by atoms with Crippen molar-refractivity contribution in [3.63, 3.8) is 0 Å². The molecule has 0 radical (unpaired) electrons. The Hall–Kier alpha value is -0.230. The second-order valence-electron chi connectivity index (χ2n) is 3.28. The highest BCUT2D eigenvalue weighted by molar-refractivity contribution is 9.10. The molecule has 1 rings (SSSR count). The highest BCUT2D eigenvalue weighted by atomic mass is 79.9. The van der Waals surface area contributed by atoms with Crippen molar-refractivity contribution in [3.8, 4) is 0 Å². The molecule has 2 nitrogen and oxygen atoms in total. The van der Waals surface area contributed by atoms with Crippen LogP contribution < -0.4 is 5.73 Å². The standard InChI is InChI=1S/C10H12BrF2NO.ClH/c1-2-8(15)10(14)9-6(12)3-5(11)4-7(9)13;/h3-4,8,10,15H,2,14H2,1H3;1H/t8-,10-;/m1./s1. The summed E-state index contributed by atoms with van der Waals surface area (Å²) >= 11 is 2.97. The summed E-state index contributed by atoms with van der Waals surface area (Å²) in [4.78, 5) is 0. The maximum absolute atomic E-state index is 13.4. The second-order valence-corrected chi connectivity index (χ2v) is 4.20. The van der Waals surface area contributed by atoms with Crippen molar-refractivity contribution < 1.29 is 13.9 Å². The molecule has 0 unspecified atom stereocenters. The average Bonchev–Trinajstić information content (AvgIpc) is 2.14. The predicted octanol–water partition coefficient (Wildman–Crippen LogP) is 2.92. The van der Waals surface area contributed by atoms with Crippen molar-refractivity contribution in [1.82, 2.24) is 0 Å². The zero-order chi connectivity index (χ0) is 11.6. The van der Waals surface area contributed by atoms with Crippen LogP contribution in [0.25, 0.3) is 0 Å². The van der Waals surface area contributed by atoms with E-state index in [0.29, 0.717) is 10.9 Å². The number of rotatable bonds is 3. The van der Waals surface area contributed by atoms with E-state index in [4.69, 9.17) is 5.73 Å². The summed E-state index contributed by atoms with van der Waals surface area (Å²) in [7, 11) is 0. The Kier molecular flexibility index (Phi) is 6.40. The quantitative estimate of drug-likeness (QED) is 0.900. The lowest BCUT2D eigenvalue weighted by atomic mass is 9.99. The number of hydrogen-bond donors (Lipinski definition) is 2. The van der Waals surface area contributed by atoms with Crippen LogP contribution in [0.1, 0.15) is 24.9 Å². The van der Waals surface area contributed by atoms with Crippen LogP contribution >= 0.6 is 28.3 Å².